The third-order valence-corrected chi connectivity index (χ3v) is 8.01. The lowest BCUT2D eigenvalue weighted by Gasteiger charge is -2.55. The van der Waals surface area contributed by atoms with Gasteiger partial charge >= 0.3 is 0 Å². The van der Waals surface area contributed by atoms with Crippen LogP contribution in [0.15, 0.2) is 22.5 Å². The summed E-state index contributed by atoms with van der Waals surface area (Å²) in [5.41, 5.74) is 0.169. The smallest absolute Gasteiger partial charge is 0.191 e. The van der Waals surface area contributed by atoms with E-state index in [4.69, 9.17) is 9.73 Å². The molecule has 1 aromatic heterocycles. The number of hydrogen-bond donors (Lipinski definition) is 2. The molecular weight excluding hydrogens is 495 g/mol. The van der Waals surface area contributed by atoms with E-state index in [1.807, 2.05) is 11.3 Å². The van der Waals surface area contributed by atoms with Crippen LogP contribution < -0.4 is 10.6 Å². The monoisotopic (exact) mass is 532 g/mol. The molecule has 4 rings (SSSR count). The quantitative estimate of drug-likeness (QED) is 0.341. The first kappa shape index (κ1) is 23.3. The van der Waals surface area contributed by atoms with Gasteiger partial charge < -0.3 is 15.4 Å². The Morgan fingerprint density at radius 1 is 1.38 bits per heavy atom. The summed E-state index contributed by atoms with van der Waals surface area (Å²) in [5.74, 6) is 2.17. The summed E-state index contributed by atoms with van der Waals surface area (Å²) in [6.45, 7) is 10.6. The number of thiophene rings is 1. The number of halogens is 1. The summed E-state index contributed by atoms with van der Waals surface area (Å²) in [6.07, 6.45) is 4.09. The van der Waals surface area contributed by atoms with Crippen LogP contribution in [0.4, 0.5) is 0 Å². The van der Waals surface area contributed by atoms with Crippen molar-refractivity contribution in [3.63, 3.8) is 0 Å². The molecule has 1 saturated carbocycles. The molecule has 0 amide bonds. The van der Waals surface area contributed by atoms with Gasteiger partial charge in [-0.25, -0.2) is 0 Å². The highest BCUT2D eigenvalue weighted by atomic mass is 127. The zero-order valence-corrected chi connectivity index (χ0v) is 21.3. The lowest BCUT2D eigenvalue weighted by Crippen LogP contribution is -2.68. The summed E-state index contributed by atoms with van der Waals surface area (Å²) < 4.78 is 5.96. The Balaban J connectivity index is 0.00000240. The van der Waals surface area contributed by atoms with E-state index in [9.17, 15) is 0 Å². The topological polar surface area (TPSA) is 48.9 Å². The number of guanidine groups is 1. The number of fused-ring (bicyclic) bond motifs is 1. The fourth-order valence-electron chi connectivity index (χ4n) is 5.65. The van der Waals surface area contributed by atoms with Crippen molar-refractivity contribution in [1.82, 2.24) is 15.5 Å². The van der Waals surface area contributed by atoms with Crippen LogP contribution in [0, 0.1) is 17.3 Å². The number of rotatable bonds is 5. The minimum absolute atomic E-state index is 0. The maximum absolute atomic E-state index is 5.96. The first-order valence-corrected chi connectivity index (χ1v) is 11.8. The van der Waals surface area contributed by atoms with Gasteiger partial charge in [0.15, 0.2) is 5.96 Å². The second-order valence-corrected chi connectivity index (χ2v) is 10.2. The predicted octanol–water partition coefficient (Wildman–Crippen LogP) is 4.12. The number of nitrogens with zero attached hydrogens (tertiary/aromatic N) is 2. The molecule has 2 saturated heterocycles. The van der Waals surface area contributed by atoms with Crippen LogP contribution in [0.2, 0.25) is 0 Å². The summed E-state index contributed by atoms with van der Waals surface area (Å²) in [4.78, 5) is 9.06. The Bertz CT molecular complexity index is 680. The maximum Gasteiger partial charge on any atom is 0.191 e. The average molecular weight is 533 g/mol. The zero-order valence-electron chi connectivity index (χ0n) is 18.2. The highest BCUT2D eigenvalue weighted by Crippen LogP contribution is 2.52. The van der Waals surface area contributed by atoms with Gasteiger partial charge in [0.25, 0.3) is 0 Å². The van der Waals surface area contributed by atoms with Gasteiger partial charge in [0.1, 0.15) is 0 Å². The van der Waals surface area contributed by atoms with E-state index < -0.39 is 0 Å². The number of likely N-dealkylation sites (tertiary alicyclic amines) is 1. The van der Waals surface area contributed by atoms with Crippen LogP contribution in [0.5, 0.6) is 0 Å². The fourth-order valence-corrected chi connectivity index (χ4v) is 6.64. The van der Waals surface area contributed by atoms with Crippen molar-refractivity contribution in [2.24, 2.45) is 22.2 Å². The van der Waals surface area contributed by atoms with Gasteiger partial charge in [-0.3, -0.25) is 9.89 Å². The first-order valence-electron chi connectivity index (χ1n) is 10.9. The Labute approximate surface area is 197 Å². The number of ether oxygens (including phenoxy) is 1. The number of nitrogens with one attached hydrogen (secondary N) is 2. The van der Waals surface area contributed by atoms with E-state index in [0.29, 0.717) is 30.0 Å². The Hall–Kier alpha value is -0.380. The van der Waals surface area contributed by atoms with Crippen molar-refractivity contribution in [3.8, 4) is 0 Å². The normalized spacial score (nSPS) is 34.1. The number of aliphatic imine (C=N–C) groups is 1. The largest absolute Gasteiger partial charge is 0.377 e. The van der Waals surface area contributed by atoms with Crippen LogP contribution in [0.25, 0.3) is 0 Å². The summed E-state index contributed by atoms with van der Waals surface area (Å²) in [6, 6.07) is 5.40. The molecule has 1 aromatic rings. The Morgan fingerprint density at radius 3 is 2.93 bits per heavy atom. The first-order chi connectivity index (χ1) is 13.5. The number of hydrogen-bond acceptors (Lipinski definition) is 4. The molecule has 3 aliphatic rings. The summed E-state index contributed by atoms with van der Waals surface area (Å²) >= 11 is 1.88. The van der Waals surface area contributed by atoms with Gasteiger partial charge in [-0.2, -0.15) is 0 Å². The highest BCUT2D eigenvalue weighted by Gasteiger charge is 2.59. The standard InChI is InChI=1S/C22H36N4OS.HI/c1-5-23-21(25-19-16-10-12-27-20(16)22(19,2)3)24-14-15-8-6-11-26(4)18(15)17-9-7-13-28-17;/h7,9,13,15-16,18-20H,5-6,8,10-12,14H2,1-4H3,(H2,23,24,25);1H. The summed E-state index contributed by atoms with van der Waals surface area (Å²) in [5, 5.41) is 9.45. The van der Waals surface area contributed by atoms with E-state index in [0.717, 1.165) is 25.7 Å². The molecule has 3 fully saturated rings. The van der Waals surface area contributed by atoms with E-state index >= 15 is 0 Å². The van der Waals surface area contributed by atoms with Crippen molar-refractivity contribution in [1.29, 1.82) is 0 Å². The zero-order chi connectivity index (χ0) is 19.7. The molecule has 5 unspecified atom stereocenters. The third-order valence-electron chi connectivity index (χ3n) is 7.06. The van der Waals surface area contributed by atoms with Gasteiger partial charge in [0.2, 0.25) is 0 Å². The van der Waals surface area contributed by atoms with E-state index in [2.05, 4.69) is 60.9 Å². The van der Waals surface area contributed by atoms with E-state index in [1.165, 1.54) is 30.7 Å². The van der Waals surface area contributed by atoms with Crippen LogP contribution in [-0.4, -0.2) is 56.3 Å². The molecule has 29 heavy (non-hydrogen) atoms. The van der Waals surface area contributed by atoms with Crippen LogP contribution in [0.3, 0.4) is 0 Å². The molecule has 7 heteroatoms. The molecule has 3 heterocycles. The molecule has 2 aliphatic heterocycles. The predicted molar refractivity (Wildman–Crippen MR) is 132 cm³/mol. The molecule has 0 aromatic carbocycles. The summed E-state index contributed by atoms with van der Waals surface area (Å²) in [7, 11) is 2.26. The Morgan fingerprint density at radius 2 is 2.21 bits per heavy atom. The SMILES string of the molecule is CCNC(=NCC1CCCN(C)C1c1cccs1)NC1C2CCOC2C1(C)C.I. The van der Waals surface area contributed by atoms with Gasteiger partial charge in [-0.1, -0.05) is 19.9 Å². The molecule has 164 valence electrons. The molecule has 5 nitrogen and oxygen atoms in total. The molecule has 0 radical (unpaired) electrons. The lowest BCUT2D eigenvalue weighted by molar-refractivity contribution is -0.106. The van der Waals surface area contributed by atoms with Crippen LogP contribution in [-0.2, 0) is 4.74 Å². The van der Waals surface area contributed by atoms with Crippen molar-refractivity contribution >= 4 is 41.3 Å². The van der Waals surface area contributed by atoms with Crippen molar-refractivity contribution in [2.45, 2.75) is 58.2 Å². The van der Waals surface area contributed by atoms with Crippen LogP contribution in [0.1, 0.15) is 51.0 Å². The molecule has 1 aliphatic carbocycles. The lowest BCUT2D eigenvalue weighted by atomic mass is 9.57. The van der Waals surface area contributed by atoms with Crippen molar-refractivity contribution in [3.05, 3.63) is 22.4 Å². The second-order valence-electron chi connectivity index (χ2n) is 9.25. The highest BCUT2D eigenvalue weighted by molar-refractivity contribution is 14.0. The second kappa shape index (κ2) is 9.83. The van der Waals surface area contributed by atoms with E-state index in [1.54, 1.807) is 0 Å². The van der Waals surface area contributed by atoms with Gasteiger partial charge in [0.05, 0.1) is 6.10 Å². The minimum atomic E-state index is 0. The fraction of sp³-hybridized carbons (Fsp3) is 0.773. The number of piperidine rings is 1. The van der Waals surface area contributed by atoms with Crippen molar-refractivity contribution < 1.29 is 4.74 Å². The van der Waals surface area contributed by atoms with Gasteiger partial charge in [0, 0.05) is 48.0 Å². The van der Waals surface area contributed by atoms with E-state index in [-0.39, 0.29) is 29.4 Å². The van der Waals surface area contributed by atoms with Gasteiger partial charge in [-0.15, -0.1) is 35.3 Å². The molecule has 0 bridgehead atoms. The third kappa shape index (κ3) is 4.62. The van der Waals surface area contributed by atoms with Crippen molar-refractivity contribution in [2.75, 3.05) is 33.3 Å². The molecule has 2 N–H and O–H groups in total. The average Bonchev–Trinajstić information content (AvgIpc) is 3.34. The maximum atomic E-state index is 5.96. The van der Waals surface area contributed by atoms with Gasteiger partial charge in [-0.05, 0) is 57.1 Å². The molecule has 0 spiro atoms. The Kier molecular flexibility index (Phi) is 7.89. The molecular formula is C22H37IN4OS. The van der Waals surface area contributed by atoms with Crippen LogP contribution >= 0.6 is 35.3 Å². The minimum Gasteiger partial charge on any atom is -0.377 e. The molecule has 5 atom stereocenters.